The van der Waals surface area contributed by atoms with Crippen LogP contribution in [0.25, 0.3) is 0 Å². The molecule has 0 bridgehead atoms. The summed E-state index contributed by atoms with van der Waals surface area (Å²) in [5.74, 6) is -2.47. The van der Waals surface area contributed by atoms with Gasteiger partial charge in [0.05, 0.1) is 21.1 Å². The number of nitrogens with zero attached hydrogens (tertiary/aromatic N) is 1. The van der Waals surface area contributed by atoms with Crippen molar-refractivity contribution in [2.75, 3.05) is 27.7 Å². The molecule has 0 amide bonds. The molecule has 0 N–H and O–H groups in total. The zero-order valence-corrected chi connectivity index (χ0v) is 9.46. The minimum atomic E-state index is -0.868. The van der Waals surface area contributed by atoms with Crippen molar-refractivity contribution in [3.05, 3.63) is 0 Å². The van der Waals surface area contributed by atoms with E-state index in [9.17, 15) is 14.4 Å². The third kappa shape index (κ3) is 4.28. The number of rotatable bonds is 5. The first kappa shape index (κ1) is 13.0. The number of Topliss-reactive ketones (excluding diaryl/α,β-unsaturated/α-hetero) is 3. The molecule has 0 aromatic carbocycles. The smallest absolute Gasteiger partial charge is 0.270 e. The van der Waals surface area contributed by atoms with Crippen molar-refractivity contribution in [3.8, 4) is 0 Å². The fraction of sp³-hybridized carbons (Fsp3) is 0.700. The lowest BCUT2D eigenvalue weighted by Crippen LogP contribution is -2.44. The van der Waals surface area contributed by atoms with E-state index < -0.39 is 23.3 Å². The quantitative estimate of drug-likeness (QED) is 0.358. The van der Waals surface area contributed by atoms with Gasteiger partial charge in [0.25, 0.3) is 11.6 Å². The lowest BCUT2D eigenvalue weighted by atomic mass is 10.0. The Kier molecular flexibility index (Phi) is 4.13. The van der Waals surface area contributed by atoms with Crippen molar-refractivity contribution in [1.82, 2.24) is 0 Å². The highest BCUT2D eigenvalue weighted by Gasteiger charge is 2.28. The van der Waals surface area contributed by atoms with Crippen molar-refractivity contribution < 1.29 is 18.9 Å². The van der Waals surface area contributed by atoms with E-state index in [1.54, 1.807) is 35.0 Å². The van der Waals surface area contributed by atoms with Gasteiger partial charge in [0.2, 0.25) is 5.78 Å². The van der Waals surface area contributed by atoms with E-state index in [0.717, 1.165) is 0 Å². The van der Waals surface area contributed by atoms with Crippen LogP contribution < -0.4 is 0 Å². The maximum Gasteiger partial charge on any atom is 0.270 e. The summed E-state index contributed by atoms with van der Waals surface area (Å²) in [7, 11) is 5.39. The van der Waals surface area contributed by atoms with Crippen LogP contribution in [-0.2, 0) is 14.4 Å². The Morgan fingerprint density at radius 2 is 1.50 bits per heavy atom. The van der Waals surface area contributed by atoms with Crippen LogP contribution in [0.5, 0.6) is 0 Å². The Hall–Kier alpha value is -1.03. The van der Waals surface area contributed by atoms with Gasteiger partial charge >= 0.3 is 0 Å². The maximum absolute atomic E-state index is 11.3. The Labute approximate surface area is 84.5 Å². The molecule has 0 aromatic rings. The number of hydrogen-bond acceptors (Lipinski definition) is 3. The molecule has 80 valence electrons. The first-order valence-electron chi connectivity index (χ1n) is 4.57. The summed E-state index contributed by atoms with van der Waals surface area (Å²) in [6, 6.07) is 0. The van der Waals surface area contributed by atoms with Gasteiger partial charge in [0.15, 0.2) is 0 Å². The van der Waals surface area contributed by atoms with Crippen LogP contribution in [0.4, 0.5) is 0 Å². The monoisotopic (exact) mass is 200 g/mol. The topological polar surface area (TPSA) is 51.2 Å². The van der Waals surface area contributed by atoms with Crippen molar-refractivity contribution in [1.29, 1.82) is 0 Å². The normalized spacial score (nSPS) is 11.6. The van der Waals surface area contributed by atoms with E-state index in [2.05, 4.69) is 0 Å². The molecule has 0 aromatic heterocycles. The fourth-order valence-electron chi connectivity index (χ4n) is 0.902. The second-order valence-corrected chi connectivity index (χ2v) is 4.72. The van der Waals surface area contributed by atoms with E-state index in [1.165, 1.54) is 0 Å². The molecule has 4 heteroatoms. The molecule has 0 rings (SSSR count). The average Bonchev–Trinajstić information content (AvgIpc) is 1.98. The van der Waals surface area contributed by atoms with Gasteiger partial charge in [-0.1, -0.05) is 13.8 Å². The van der Waals surface area contributed by atoms with Crippen molar-refractivity contribution in [3.63, 3.8) is 0 Å². The lowest BCUT2D eigenvalue weighted by molar-refractivity contribution is -0.861. The van der Waals surface area contributed by atoms with Gasteiger partial charge in [-0.2, -0.15) is 0 Å². The van der Waals surface area contributed by atoms with Gasteiger partial charge in [-0.3, -0.25) is 14.4 Å². The van der Waals surface area contributed by atoms with Crippen LogP contribution in [0, 0.1) is 5.92 Å². The summed E-state index contributed by atoms with van der Waals surface area (Å²) in [6.45, 7) is 3.29. The Bertz CT molecular complexity index is 261. The molecule has 4 nitrogen and oxygen atoms in total. The lowest BCUT2D eigenvalue weighted by Gasteiger charge is -2.22. The minimum absolute atomic E-state index is 0.0668. The number of ketones is 3. The average molecular weight is 200 g/mol. The predicted octanol–water partition coefficient (Wildman–Crippen LogP) is 0.0559. The van der Waals surface area contributed by atoms with Gasteiger partial charge in [0, 0.05) is 5.92 Å². The summed E-state index contributed by atoms with van der Waals surface area (Å²) >= 11 is 0. The second-order valence-electron chi connectivity index (χ2n) is 4.72. The molecule has 0 aliphatic carbocycles. The molecule has 0 spiro atoms. The van der Waals surface area contributed by atoms with Gasteiger partial charge < -0.3 is 4.48 Å². The van der Waals surface area contributed by atoms with Crippen molar-refractivity contribution in [2.45, 2.75) is 13.8 Å². The number of hydrogen-bond donors (Lipinski definition) is 0. The molecule has 14 heavy (non-hydrogen) atoms. The first-order valence-corrected chi connectivity index (χ1v) is 4.57. The highest BCUT2D eigenvalue weighted by atomic mass is 16.2. The number of carbonyl (C=O) groups is 3. The molecule has 0 saturated heterocycles. The molecule has 0 heterocycles. The van der Waals surface area contributed by atoms with Gasteiger partial charge in [0.1, 0.15) is 6.54 Å². The van der Waals surface area contributed by atoms with Crippen LogP contribution in [0.2, 0.25) is 0 Å². The Morgan fingerprint density at radius 1 is 1.07 bits per heavy atom. The molecule has 0 radical (unpaired) electrons. The molecule has 0 fully saturated rings. The molecular formula is C10H18NO3+. The second kappa shape index (κ2) is 4.46. The van der Waals surface area contributed by atoms with Crippen LogP contribution in [-0.4, -0.2) is 49.5 Å². The number of carbonyl (C=O) groups excluding carboxylic acids is 3. The predicted molar refractivity (Wildman–Crippen MR) is 52.8 cm³/mol. The highest BCUT2D eigenvalue weighted by molar-refractivity contribution is 6.64. The molecule has 0 atom stereocenters. The molecule has 0 saturated carbocycles. The molecular weight excluding hydrogens is 182 g/mol. The summed E-state index contributed by atoms with van der Waals surface area (Å²) < 4.78 is 0.357. The number of likely N-dealkylation sites (N-methyl/N-ethyl adjacent to an activating group) is 1. The highest BCUT2D eigenvalue weighted by Crippen LogP contribution is 1.98. The zero-order chi connectivity index (χ0) is 11.5. The van der Waals surface area contributed by atoms with Crippen LogP contribution in [0.3, 0.4) is 0 Å². The SMILES string of the molecule is CC(C)C(=O)C(=O)C(=O)C[N+](C)(C)C. The number of quaternary nitrogens is 1. The van der Waals surface area contributed by atoms with Crippen LogP contribution in [0.1, 0.15) is 13.8 Å². The summed E-state index contributed by atoms with van der Waals surface area (Å²) in [5, 5.41) is 0. The van der Waals surface area contributed by atoms with E-state index in [1.807, 2.05) is 0 Å². The largest absolute Gasteiger partial charge is 0.324 e. The van der Waals surface area contributed by atoms with Crippen LogP contribution >= 0.6 is 0 Å². The Balaban J connectivity index is 4.43. The minimum Gasteiger partial charge on any atom is -0.324 e. The third-order valence-corrected chi connectivity index (χ3v) is 1.62. The molecule has 0 aliphatic rings. The summed E-state index contributed by atoms with van der Waals surface area (Å²) in [4.78, 5) is 33.8. The van der Waals surface area contributed by atoms with Gasteiger partial charge in [-0.25, -0.2) is 0 Å². The van der Waals surface area contributed by atoms with Gasteiger partial charge in [-0.05, 0) is 0 Å². The van der Waals surface area contributed by atoms with Crippen molar-refractivity contribution in [2.24, 2.45) is 5.92 Å². The first-order chi connectivity index (χ1) is 6.15. The van der Waals surface area contributed by atoms with E-state index >= 15 is 0 Å². The zero-order valence-electron chi connectivity index (χ0n) is 9.46. The maximum atomic E-state index is 11.3. The van der Waals surface area contributed by atoms with Crippen LogP contribution in [0.15, 0.2) is 0 Å². The van der Waals surface area contributed by atoms with E-state index in [0.29, 0.717) is 4.48 Å². The van der Waals surface area contributed by atoms with Crippen molar-refractivity contribution >= 4 is 17.3 Å². The molecule has 0 unspecified atom stereocenters. The summed E-state index contributed by atoms with van der Waals surface area (Å²) in [5.41, 5.74) is 0. The standard InChI is InChI=1S/C10H18NO3/c1-7(2)9(13)10(14)8(12)6-11(3,4)5/h7H,6H2,1-5H3/q+1. The van der Waals surface area contributed by atoms with Gasteiger partial charge in [-0.15, -0.1) is 0 Å². The molecule has 0 aliphatic heterocycles. The third-order valence-electron chi connectivity index (χ3n) is 1.62. The fourth-order valence-corrected chi connectivity index (χ4v) is 0.902. The van der Waals surface area contributed by atoms with E-state index in [4.69, 9.17) is 0 Å². The Morgan fingerprint density at radius 3 is 1.79 bits per heavy atom. The summed E-state index contributed by atoms with van der Waals surface area (Å²) in [6.07, 6.45) is 0. The van der Waals surface area contributed by atoms with E-state index in [-0.39, 0.29) is 6.54 Å².